The summed E-state index contributed by atoms with van der Waals surface area (Å²) in [5.41, 5.74) is 1.64. The molecule has 1 amide bonds. The molecule has 3 heteroatoms. The minimum absolute atomic E-state index is 0.00935. The van der Waals surface area contributed by atoms with Crippen molar-refractivity contribution in [2.75, 3.05) is 0 Å². The number of fused-ring (bicyclic) bond motifs is 1. The zero-order chi connectivity index (χ0) is 14.5. The number of amides is 1. The van der Waals surface area contributed by atoms with Crippen LogP contribution in [0.3, 0.4) is 0 Å². The molecule has 0 aliphatic carbocycles. The summed E-state index contributed by atoms with van der Waals surface area (Å²) in [7, 11) is 0. The predicted octanol–water partition coefficient (Wildman–Crippen LogP) is 4.11. The van der Waals surface area contributed by atoms with Crippen LogP contribution in [0.1, 0.15) is 50.4 Å². The Hall–Kier alpha value is -1.77. The average Bonchev–Trinajstić information content (AvgIpc) is 2.85. The number of carbonyl (C=O) groups is 1. The number of aromatic nitrogens is 1. The van der Waals surface area contributed by atoms with Crippen molar-refractivity contribution in [2.45, 2.75) is 46.1 Å². The van der Waals surface area contributed by atoms with E-state index in [1.54, 1.807) is 0 Å². The summed E-state index contributed by atoms with van der Waals surface area (Å²) in [5.74, 6) is 0.737. The van der Waals surface area contributed by atoms with Gasteiger partial charge in [0.25, 0.3) is 5.91 Å². The molecule has 0 saturated carbocycles. The number of carbonyl (C=O) groups excluding carboxylic acids is 1. The van der Waals surface area contributed by atoms with E-state index in [4.69, 9.17) is 0 Å². The first-order valence-electron chi connectivity index (χ1n) is 7.45. The van der Waals surface area contributed by atoms with Crippen molar-refractivity contribution in [3.63, 3.8) is 0 Å². The first-order valence-corrected chi connectivity index (χ1v) is 7.45. The molecule has 2 aromatic rings. The van der Waals surface area contributed by atoms with Gasteiger partial charge in [0.1, 0.15) is 0 Å². The lowest BCUT2D eigenvalue weighted by molar-refractivity contribution is 0.0939. The number of para-hydroxylation sites is 1. The summed E-state index contributed by atoms with van der Waals surface area (Å²) in [4.78, 5) is 15.5. The lowest BCUT2D eigenvalue weighted by Gasteiger charge is -2.15. The van der Waals surface area contributed by atoms with Crippen molar-refractivity contribution in [1.82, 2.24) is 10.3 Å². The Balaban J connectivity index is 1.96. The number of hydrogen-bond acceptors (Lipinski definition) is 1. The standard InChI is InChI=1S/C17H24N2O/c1-12(2)6-4-7-13(3)19-17(20)15-9-5-8-14-10-11-18-16(14)15/h5,8-13,18H,4,6-7H2,1-3H3,(H,19,20). The van der Waals surface area contributed by atoms with Crippen LogP contribution in [0.2, 0.25) is 0 Å². The Morgan fingerprint density at radius 3 is 2.75 bits per heavy atom. The molecule has 1 atom stereocenters. The molecule has 0 aliphatic heterocycles. The third-order valence-corrected chi connectivity index (χ3v) is 3.63. The molecule has 2 N–H and O–H groups in total. The topological polar surface area (TPSA) is 44.9 Å². The van der Waals surface area contributed by atoms with Crippen LogP contribution in [0.25, 0.3) is 10.9 Å². The average molecular weight is 272 g/mol. The van der Waals surface area contributed by atoms with Gasteiger partial charge < -0.3 is 10.3 Å². The van der Waals surface area contributed by atoms with Gasteiger partial charge in [-0.2, -0.15) is 0 Å². The number of aromatic amines is 1. The maximum Gasteiger partial charge on any atom is 0.253 e. The van der Waals surface area contributed by atoms with E-state index in [2.05, 4.69) is 31.1 Å². The van der Waals surface area contributed by atoms with Gasteiger partial charge in [0, 0.05) is 17.6 Å². The van der Waals surface area contributed by atoms with E-state index >= 15 is 0 Å². The van der Waals surface area contributed by atoms with E-state index in [9.17, 15) is 4.79 Å². The zero-order valence-electron chi connectivity index (χ0n) is 12.6. The molecule has 2 rings (SSSR count). The van der Waals surface area contributed by atoms with Crippen LogP contribution in [-0.4, -0.2) is 16.9 Å². The summed E-state index contributed by atoms with van der Waals surface area (Å²) in [6, 6.07) is 8.00. The Morgan fingerprint density at radius 2 is 2.00 bits per heavy atom. The third kappa shape index (κ3) is 3.62. The molecule has 1 aromatic carbocycles. The van der Waals surface area contributed by atoms with Crippen molar-refractivity contribution >= 4 is 16.8 Å². The van der Waals surface area contributed by atoms with Crippen molar-refractivity contribution in [3.8, 4) is 0 Å². The fourth-order valence-corrected chi connectivity index (χ4v) is 2.48. The lowest BCUT2D eigenvalue weighted by atomic mass is 10.0. The van der Waals surface area contributed by atoms with Crippen molar-refractivity contribution < 1.29 is 4.79 Å². The number of rotatable bonds is 6. The van der Waals surface area contributed by atoms with Crippen molar-refractivity contribution in [2.24, 2.45) is 5.92 Å². The van der Waals surface area contributed by atoms with Crippen LogP contribution in [0.5, 0.6) is 0 Å². The van der Waals surface area contributed by atoms with E-state index in [0.29, 0.717) is 0 Å². The molecule has 3 nitrogen and oxygen atoms in total. The molecule has 20 heavy (non-hydrogen) atoms. The SMILES string of the molecule is CC(C)CCCC(C)NC(=O)c1cccc2cc[nH]c12. The van der Waals surface area contributed by atoms with Gasteiger partial charge in [0.2, 0.25) is 0 Å². The van der Waals surface area contributed by atoms with Crippen LogP contribution in [0.15, 0.2) is 30.5 Å². The van der Waals surface area contributed by atoms with Gasteiger partial charge in [-0.25, -0.2) is 0 Å². The van der Waals surface area contributed by atoms with Crippen molar-refractivity contribution in [1.29, 1.82) is 0 Å². The van der Waals surface area contributed by atoms with Gasteiger partial charge in [-0.3, -0.25) is 4.79 Å². The zero-order valence-corrected chi connectivity index (χ0v) is 12.6. The second-order valence-corrected chi connectivity index (χ2v) is 5.95. The summed E-state index contributed by atoms with van der Waals surface area (Å²) in [5, 5.41) is 4.17. The van der Waals surface area contributed by atoms with E-state index in [1.807, 2.05) is 30.5 Å². The first kappa shape index (κ1) is 14.6. The highest BCUT2D eigenvalue weighted by Crippen LogP contribution is 2.17. The molecule has 1 aromatic heterocycles. The van der Waals surface area contributed by atoms with Crippen LogP contribution in [-0.2, 0) is 0 Å². The molecule has 0 spiro atoms. The minimum Gasteiger partial charge on any atom is -0.361 e. The van der Waals surface area contributed by atoms with Gasteiger partial charge in [-0.15, -0.1) is 0 Å². The smallest absolute Gasteiger partial charge is 0.253 e. The summed E-state index contributed by atoms with van der Waals surface area (Å²) in [6.07, 6.45) is 5.27. The third-order valence-electron chi connectivity index (χ3n) is 3.63. The normalized spacial score (nSPS) is 12.8. The van der Waals surface area contributed by atoms with Gasteiger partial charge in [-0.1, -0.05) is 38.8 Å². The molecule has 108 valence electrons. The second kappa shape index (κ2) is 6.60. The number of hydrogen-bond donors (Lipinski definition) is 2. The van der Waals surface area contributed by atoms with E-state index in [-0.39, 0.29) is 11.9 Å². The molecule has 0 aliphatic rings. The van der Waals surface area contributed by atoms with Crippen LogP contribution in [0, 0.1) is 5.92 Å². The molecule has 0 saturated heterocycles. The fraction of sp³-hybridized carbons (Fsp3) is 0.471. The van der Waals surface area contributed by atoms with Crippen molar-refractivity contribution in [3.05, 3.63) is 36.0 Å². The van der Waals surface area contributed by atoms with Crippen LogP contribution >= 0.6 is 0 Å². The predicted molar refractivity (Wildman–Crippen MR) is 83.9 cm³/mol. The fourth-order valence-electron chi connectivity index (χ4n) is 2.48. The molecular weight excluding hydrogens is 248 g/mol. The molecule has 1 heterocycles. The van der Waals surface area contributed by atoms with E-state index in [0.717, 1.165) is 35.2 Å². The number of H-pyrrole nitrogens is 1. The molecule has 0 radical (unpaired) electrons. The molecule has 1 unspecified atom stereocenters. The largest absolute Gasteiger partial charge is 0.361 e. The monoisotopic (exact) mass is 272 g/mol. The molecule has 0 bridgehead atoms. The van der Waals surface area contributed by atoms with Gasteiger partial charge in [0.15, 0.2) is 0 Å². The maximum atomic E-state index is 12.3. The Kier molecular flexibility index (Phi) is 4.83. The lowest BCUT2D eigenvalue weighted by Crippen LogP contribution is -2.32. The van der Waals surface area contributed by atoms with Gasteiger partial charge in [0.05, 0.1) is 11.1 Å². The highest BCUT2D eigenvalue weighted by Gasteiger charge is 2.13. The minimum atomic E-state index is 0.00935. The number of nitrogens with one attached hydrogen (secondary N) is 2. The highest BCUT2D eigenvalue weighted by molar-refractivity contribution is 6.05. The molecule has 0 fully saturated rings. The van der Waals surface area contributed by atoms with Crippen LogP contribution in [0.4, 0.5) is 0 Å². The Bertz CT molecular complexity index is 571. The maximum absolute atomic E-state index is 12.3. The summed E-state index contributed by atoms with van der Waals surface area (Å²) < 4.78 is 0. The summed E-state index contributed by atoms with van der Waals surface area (Å²) >= 11 is 0. The van der Waals surface area contributed by atoms with Crippen LogP contribution < -0.4 is 5.32 Å². The number of benzene rings is 1. The second-order valence-electron chi connectivity index (χ2n) is 5.95. The molecular formula is C17H24N2O. The Morgan fingerprint density at radius 1 is 1.20 bits per heavy atom. The highest BCUT2D eigenvalue weighted by atomic mass is 16.1. The van der Waals surface area contributed by atoms with Gasteiger partial charge in [-0.05, 0) is 31.4 Å². The first-order chi connectivity index (χ1) is 9.58. The Labute approximate surface area is 120 Å². The van der Waals surface area contributed by atoms with E-state index < -0.39 is 0 Å². The summed E-state index contributed by atoms with van der Waals surface area (Å²) in [6.45, 7) is 6.54. The van der Waals surface area contributed by atoms with Gasteiger partial charge >= 0.3 is 0 Å². The quantitative estimate of drug-likeness (QED) is 0.816. The van der Waals surface area contributed by atoms with E-state index in [1.165, 1.54) is 6.42 Å².